The molecule has 0 bridgehead atoms. The molecule has 0 spiro atoms. The van der Waals surface area contributed by atoms with Gasteiger partial charge < -0.3 is 14.2 Å². The highest BCUT2D eigenvalue weighted by molar-refractivity contribution is 6.45. The zero-order valence-corrected chi connectivity index (χ0v) is 14.6. The molecule has 0 saturated carbocycles. The van der Waals surface area contributed by atoms with Crippen molar-refractivity contribution in [3.63, 3.8) is 0 Å². The number of hydrogen-bond donors (Lipinski definition) is 0. The number of amides is 1. The third kappa shape index (κ3) is 3.03. The summed E-state index contributed by atoms with van der Waals surface area (Å²) < 4.78 is 5.13. The highest BCUT2D eigenvalue weighted by atomic mass is 35.5. The van der Waals surface area contributed by atoms with E-state index in [1.165, 1.54) is 6.26 Å². The molecule has 1 aliphatic heterocycles. The van der Waals surface area contributed by atoms with Gasteiger partial charge in [0.05, 0.1) is 11.3 Å². The molecule has 1 fully saturated rings. The van der Waals surface area contributed by atoms with E-state index < -0.39 is 0 Å². The summed E-state index contributed by atoms with van der Waals surface area (Å²) in [5.41, 5.74) is 0.0544. The largest absolute Gasteiger partial charge is 0.459 e. The average Bonchev–Trinajstić information content (AvgIpc) is 3.13. The van der Waals surface area contributed by atoms with Crippen molar-refractivity contribution in [1.29, 1.82) is 5.26 Å². The number of carbonyl (C=O) groups excluding carboxylic acids is 1. The van der Waals surface area contributed by atoms with Crippen LogP contribution >= 0.6 is 34.8 Å². The lowest BCUT2D eigenvalue weighted by Crippen LogP contribution is -2.49. The van der Waals surface area contributed by atoms with Crippen molar-refractivity contribution in [2.24, 2.45) is 0 Å². The number of furan rings is 1. The van der Waals surface area contributed by atoms with Crippen LogP contribution in [0, 0.1) is 11.3 Å². The van der Waals surface area contributed by atoms with Crippen LogP contribution in [0.4, 0.5) is 5.82 Å². The van der Waals surface area contributed by atoms with Gasteiger partial charge in [-0.1, -0.05) is 34.8 Å². The van der Waals surface area contributed by atoms with E-state index in [9.17, 15) is 4.79 Å². The van der Waals surface area contributed by atoms with Crippen LogP contribution in [0.3, 0.4) is 0 Å². The molecule has 0 N–H and O–H groups in total. The Kier molecular flexibility index (Phi) is 4.86. The van der Waals surface area contributed by atoms with Crippen molar-refractivity contribution in [1.82, 2.24) is 9.88 Å². The molecule has 24 heavy (non-hydrogen) atoms. The Morgan fingerprint density at radius 1 is 1.21 bits per heavy atom. The third-order valence-electron chi connectivity index (χ3n) is 3.73. The number of rotatable bonds is 2. The fourth-order valence-corrected chi connectivity index (χ4v) is 3.22. The van der Waals surface area contributed by atoms with Crippen LogP contribution in [-0.2, 0) is 0 Å². The SMILES string of the molecule is N#Cc1c(Cl)nc(N2CCN(C(=O)c3ccco3)CC2)c(Cl)c1Cl. The van der Waals surface area contributed by atoms with Crippen LogP contribution in [0.25, 0.3) is 0 Å². The Balaban J connectivity index is 1.76. The van der Waals surface area contributed by atoms with Crippen LogP contribution in [0.5, 0.6) is 0 Å². The van der Waals surface area contributed by atoms with Gasteiger partial charge in [0.25, 0.3) is 5.91 Å². The average molecular weight is 386 g/mol. The molecule has 1 aliphatic rings. The van der Waals surface area contributed by atoms with E-state index >= 15 is 0 Å². The van der Waals surface area contributed by atoms with Crippen molar-refractivity contribution >= 4 is 46.5 Å². The Morgan fingerprint density at radius 3 is 2.50 bits per heavy atom. The zero-order chi connectivity index (χ0) is 17.3. The van der Waals surface area contributed by atoms with Gasteiger partial charge >= 0.3 is 0 Å². The fraction of sp³-hybridized carbons (Fsp3) is 0.267. The highest BCUT2D eigenvalue weighted by Crippen LogP contribution is 2.37. The monoisotopic (exact) mass is 384 g/mol. The lowest BCUT2D eigenvalue weighted by atomic mass is 10.2. The Morgan fingerprint density at radius 2 is 1.92 bits per heavy atom. The normalized spacial score (nSPS) is 14.6. The molecule has 3 rings (SSSR count). The summed E-state index contributed by atoms with van der Waals surface area (Å²) in [7, 11) is 0. The van der Waals surface area contributed by atoms with Crippen molar-refractivity contribution in [3.05, 3.63) is 44.9 Å². The summed E-state index contributed by atoms with van der Waals surface area (Å²) >= 11 is 18.3. The van der Waals surface area contributed by atoms with E-state index in [1.807, 2.05) is 11.0 Å². The number of nitriles is 1. The molecule has 1 amide bonds. The van der Waals surface area contributed by atoms with Crippen molar-refractivity contribution in [2.75, 3.05) is 31.1 Å². The Hall–Kier alpha value is -1.94. The molecule has 0 aromatic carbocycles. The van der Waals surface area contributed by atoms with E-state index in [4.69, 9.17) is 44.5 Å². The molecule has 6 nitrogen and oxygen atoms in total. The van der Waals surface area contributed by atoms with E-state index in [1.54, 1.807) is 17.0 Å². The van der Waals surface area contributed by atoms with Crippen LogP contribution in [0.1, 0.15) is 16.1 Å². The number of nitrogens with zero attached hydrogens (tertiary/aromatic N) is 4. The summed E-state index contributed by atoms with van der Waals surface area (Å²) in [4.78, 5) is 20.0. The first-order chi connectivity index (χ1) is 11.5. The standard InChI is InChI=1S/C15H11Cl3N4O2/c16-11-9(8-19)13(18)20-14(12(11)17)21-3-5-22(6-4-21)15(23)10-2-1-7-24-10/h1-2,7H,3-6H2. The van der Waals surface area contributed by atoms with Gasteiger partial charge in [0, 0.05) is 26.2 Å². The molecule has 0 radical (unpaired) electrons. The Bertz CT molecular complexity index is 809. The minimum Gasteiger partial charge on any atom is -0.459 e. The first-order valence-corrected chi connectivity index (χ1v) is 8.18. The maximum atomic E-state index is 12.3. The van der Waals surface area contributed by atoms with E-state index in [-0.39, 0.29) is 26.7 Å². The van der Waals surface area contributed by atoms with Crippen molar-refractivity contribution < 1.29 is 9.21 Å². The van der Waals surface area contributed by atoms with Gasteiger partial charge in [-0.25, -0.2) is 4.98 Å². The van der Waals surface area contributed by atoms with Gasteiger partial charge in [0.15, 0.2) is 16.7 Å². The molecule has 9 heteroatoms. The van der Waals surface area contributed by atoms with E-state index in [0.717, 1.165) is 0 Å². The number of piperazine rings is 1. The molecule has 1 saturated heterocycles. The third-order valence-corrected chi connectivity index (χ3v) is 4.84. The van der Waals surface area contributed by atoms with E-state index in [2.05, 4.69) is 4.98 Å². The summed E-state index contributed by atoms with van der Waals surface area (Å²) in [5, 5.41) is 9.31. The van der Waals surface area contributed by atoms with Gasteiger partial charge in [0.1, 0.15) is 16.7 Å². The number of halogens is 3. The Labute approximate surface area is 153 Å². The first kappa shape index (κ1) is 16.9. The smallest absolute Gasteiger partial charge is 0.289 e. The molecule has 0 unspecified atom stereocenters. The summed E-state index contributed by atoms with van der Waals surface area (Å²) in [6.45, 7) is 1.98. The second-order valence-corrected chi connectivity index (χ2v) is 6.21. The number of carbonyl (C=O) groups is 1. The molecule has 3 heterocycles. The van der Waals surface area contributed by atoms with Crippen molar-refractivity contribution in [3.8, 4) is 6.07 Å². The minimum atomic E-state index is -0.158. The van der Waals surface area contributed by atoms with Crippen LogP contribution in [0.2, 0.25) is 15.2 Å². The quantitative estimate of drug-likeness (QED) is 0.740. The van der Waals surface area contributed by atoms with Crippen LogP contribution in [-0.4, -0.2) is 42.0 Å². The fourth-order valence-electron chi connectivity index (χ4n) is 2.48. The van der Waals surface area contributed by atoms with Gasteiger partial charge in [0.2, 0.25) is 0 Å². The predicted octanol–water partition coefficient (Wildman–Crippen LogP) is 3.47. The number of hydrogen-bond acceptors (Lipinski definition) is 5. The number of anilines is 1. The molecule has 0 aliphatic carbocycles. The minimum absolute atomic E-state index is 0.0102. The van der Waals surface area contributed by atoms with Gasteiger partial charge in [-0.2, -0.15) is 5.26 Å². The van der Waals surface area contributed by atoms with E-state index in [0.29, 0.717) is 37.8 Å². The summed E-state index contributed by atoms with van der Waals surface area (Å²) in [6, 6.07) is 5.19. The van der Waals surface area contributed by atoms with Gasteiger partial charge in [-0.3, -0.25) is 4.79 Å². The summed E-state index contributed by atoms with van der Waals surface area (Å²) in [5.74, 6) is 0.564. The highest BCUT2D eigenvalue weighted by Gasteiger charge is 2.27. The lowest BCUT2D eigenvalue weighted by molar-refractivity contribution is 0.0714. The van der Waals surface area contributed by atoms with Crippen molar-refractivity contribution in [2.45, 2.75) is 0 Å². The molecule has 0 atom stereocenters. The molecule has 2 aromatic heterocycles. The number of aromatic nitrogens is 1. The predicted molar refractivity (Wildman–Crippen MR) is 90.8 cm³/mol. The zero-order valence-electron chi connectivity index (χ0n) is 12.3. The lowest BCUT2D eigenvalue weighted by Gasteiger charge is -2.35. The van der Waals surface area contributed by atoms with Gasteiger partial charge in [-0.15, -0.1) is 0 Å². The molecule has 2 aromatic rings. The first-order valence-electron chi connectivity index (χ1n) is 7.05. The summed E-state index contributed by atoms with van der Waals surface area (Å²) in [6.07, 6.45) is 1.47. The maximum absolute atomic E-state index is 12.3. The van der Waals surface area contributed by atoms with Crippen LogP contribution < -0.4 is 4.90 Å². The molecule has 124 valence electrons. The second-order valence-electron chi connectivity index (χ2n) is 5.10. The molecular weight excluding hydrogens is 375 g/mol. The van der Waals surface area contributed by atoms with Gasteiger partial charge in [-0.05, 0) is 12.1 Å². The second kappa shape index (κ2) is 6.89. The molecular formula is C15H11Cl3N4O2. The topological polar surface area (TPSA) is 73.4 Å². The maximum Gasteiger partial charge on any atom is 0.289 e. The van der Waals surface area contributed by atoms with Crippen LogP contribution in [0.15, 0.2) is 22.8 Å². The number of pyridine rings is 1.